The summed E-state index contributed by atoms with van der Waals surface area (Å²) in [5, 5.41) is 6.54. The Labute approximate surface area is 154 Å². The average molecular weight is 450 g/mol. The van der Waals surface area contributed by atoms with Gasteiger partial charge in [0.25, 0.3) is 5.91 Å². The molecule has 0 saturated heterocycles. The monoisotopic (exact) mass is 449 g/mol. The third kappa shape index (κ3) is 5.14. The third-order valence-corrected chi connectivity index (χ3v) is 5.02. The highest BCUT2D eigenvalue weighted by Gasteiger charge is 2.41. The lowest BCUT2D eigenvalue weighted by Gasteiger charge is -2.30. The number of carbonyl (C=O) groups excluding carboxylic acids is 1. The van der Waals surface area contributed by atoms with Gasteiger partial charge in [-0.3, -0.25) is 9.48 Å². The van der Waals surface area contributed by atoms with Crippen LogP contribution in [0, 0.1) is 12.8 Å². The van der Waals surface area contributed by atoms with E-state index < -0.39 is 36.8 Å². The van der Waals surface area contributed by atoms with Crippen molar-refractivity contribution in [2.75, 3.05) is 0 Å². The second kappa shape index (κ2) is 7.77. The van der Waals surface area contributed by atoms with Gasteiger partial charge in [-0.2, -0.15) is 31.4 Å². The molecule has 1 aromatic rings. The number of nitrogens with one attached hydrogen (secondary N) is 1. The normalized spacial score (nSPS) is 21.7. The van der Waals surface area contributed by atoms with Crippen LogP contribution >= 0.6 is 15.9 Å². The number of hydrogen-bond donors (Lipinski definition) is 1. The quantitative estimate of drug-likeness (QED) is 0.543. The molecule has 26 heavy (non-hydrogen) atoms. The van der Waals surface area contributed by atoms with Gasteiger partial charge in [0.2, 0.25) is 0 Å². The Kier molecular flexibility index (Phi) is 6.29. The van der Waals surface area contributed by atoms with Crippen molar-refractivity contribution in [2.45, 2.75) is 62.9 Å². The first-order valence-electron chi connectivity index (χ1n) is 7.99. The Bertz CT molecular complexity index is 647. The number of alkyl halides is 7. The van der Waals surface area contributed by atoms with Crippen LogP contribution in [0.2, 0.25) is 0 Å². The highest BCUT2D eigenvalue weighted by molar-refractivity contribution is 9.08. The van der Waals surface area contributed by atoms with Gasteiger partial charge in [-0.15, -0.1) is 0 Å². The largest absolute Gasteiger partial charge is 0.408 e. The minimum absolute atomic E-state index is 0.0315. The van der Waals surface area contributed by atoms with Gasteiger partial charge >= 0.3 is 12.4 Å². The second-order valence-corrected chi connectivity index (χ2v) is 6.94. The average Bonchev–Trinajstić information content (AvgIpc) is 2.81. The minimum Gasteiger partial charge on any atom is -0.349 e. The lowest BCUT2D eigenvalue weighted by molar-refractivity contribution is -0.182. The molecule has 4 nitrogen and oxygen atoms in total. The number of halogens is 7. The maximum absolute atomic E-state index is 12.7. The van der Waals surface area contributed by atoms with Crippen LogP contribution in [0.15, 0.2) is 0 Å². The first kappa shape index (κ1) is 21.0. The SMILES string of the molecule is Cc1c(C(=O)NC2CCC(C(F)(F)F)CC2)c(CBr)nn1CC(F)(F)F. The molecule has 0 unspecified atom stereocenters. The van der Waals surface area contributed by atoms with Crippen molar-refractivity contribution >= 4 is 21.8 Å². The van der Waals surface area contributed by atoms with Gasteiger partial charge in [0.05, 0.1) is 17.2 Å². The Morgan fingerprint density at radius 1 is 1.19 bits per heavy atom. The molecular formula is C15H18BrF6N3O. The van der Waals surface area contributed by atoms with Gasteiger partial charge in [-0.1, -0.05) is 15.9 Å². The highest BCUT2D eigenvalue weighted by atomic mass is 79.9. The van der Waals surface area contributed by atoms with Crippen molar-refractivity contribution in [3.63, 3.8) is 0 Å². The van der Waals surface area contributed by atoms with Gasteiger partial charge in [-0.05, 0) is 32.6 Å². The Balaban J connectivity index is 2.08. The number of rotatable bonds is 4. The molecular weight excluding hydrogens is 432 g/mol. The molecule has 11 heteroatoms. The number of nitrogens with zero attached hydrogens (tertiary/aromatic N) is 2. The summed E-state index contributed by atoms with van der Waals surface area (Å²) in [4.78, 5) is 12.5. The Hall–Kier alpha value is -1.26. The molecule has 0 bridgehead atoms. The van der Waals surface area contributed by atoms with E-state index in [4.69, 9.17) is 0 Å². The van der Waals surface area contributed by atoms with Gasteiger partial charge in [-0.25, -0.2) is 0 Å². The van der Waals surface area contributed by atoms with Crippen molar-refractivity contribution in [1.82, 2.24) is 15.1 Å². The summed E-state index contributed by atoms with van der Waals surface area (Å²) in [7, 11) is 0. The summed E-state index contributed by atoms with van der Waals surface area (Å²) in [6, 6.07) is -0.436. The van der Waals surface area contributed by atoms with Gasteiger partial charge in [0.15, 0.2) is 0 Å². The van der Waals surface area contributed by atoms with E-state index in [1.807, 2.05) is 0 Å². The minimum atomic E-state index is -4.48. The van der Waals surface area contributed by atoms with Crippen LogP contribution in [0.1, 0.15) is 47.4 Å². The summed E-state index contributed by atoms with van der Waals surface area (Å²) in [5.74, 6) is -1.98. The highest BCUT2D eigenvalue weighted by Crippen LogP contribution is 2.37. The topological polar surface area (TPSA) is 46.9 Å². The van der Waals surface area contributed by atoms with Gasteiger partial charge < -0.3 is 5.32 Å². The van der Waals surface area contributed by atoms with E-state index in [0.717, 1.165) is 0 Å². The number of hydrogen-bond acceptors (Lipinski definition) is 2. The number of carbonyl (C=O) groups is 1. The van der Waals surface area contributed by atoms with Crippen LogP contribution in [0.5, 0.6) is 0 Å². The van der Waals surface area contributed by atoms with E-state index in [-0.39, 0.29) is 48.0 Å². The van der Waals surface area contributed by atoms with Crippen molar-refractivity contribution in [1.29, 1.82) is 0 Å². The van der Waals surface area contributed by atoms with Crippen molar-refractivity contribution < 1.29 is 31.1 Å². The van der Waals surface area contributed by atoms with Crippen molar-refractivity contribution in [3.05, 3.63) is 17.0 Å². The molecule has 1 aliphatic rings. The predicted octanol–water partition coefficient (Wildman–Crippen LogP) is 4.50. The molecule has 0 aliphatic heterocycles. The molecule has 1 amide bonds. The zero-order valence-electron chi connectivity index (χ0n) is 13.8. The van der Waals surface area contributed by atoms with Gasteiger partial charge in [0, 0.05) is 17.1 Å². The Morgan fingerprint density at radius 3 is 2.23 bits per heavy atom. The van der Waals surface area contributed by atoms with E-state index in [2.05, 4.69) is 26.3 Å². The molecule has 2 rings (SSSR count). The van der Waals surface area contributed by atoms with Crippen molar-refractivity contribution in [2.24, 2.45) is 5.92 Å². The molecule has 0 atom stereocenters. The molecule has 148 valence electrons. The second-order valence-electron chi connectivity index (χ2n) is 6.38. The zero-order valence-corrected chi connectivity index (χ0v) is 15.4. The lowest BCUT2D eigenvalue weighted by atomic mass is 9.85. The van der Waals surface area contributed by atoms with Crippen LogP contribution in [0.25, 0.3) is 0 Å². The number of aromatic nitrogens is 2. The van der Waals surface area contributed by atoms with Crippen LogP contribution in [-0.4, -0.2) is 34.1 Å². The fraction of sp³-hybridized carbons (Fsp3) is 0.733. The van der Waals surface area contributed by atoms with E-state index in [9.17, 15) is 31.1 Å². The predicted molar refractivity (Wildman–Crippen MR) is 84.9 cm³/mol. The third-order valence-electron chi connectivity index (χ3n) is 4.49. The fourth-order valence-electron chi connectivity index (χ4n) is 3.14. The van der Waals surface area contributed by atoms with E-state index in [0.29, 0.717) is 4.68 Å². The molecule has 0 radical (unpaired) electrons. The molecule has 1 heterocycles. The summed E-state index contributed by atoms with van der Waals surface area (Å²) in [6.45, 7) is 0.0448. The van der Waals surface area contributed by atoms with Crippen LogP contribution < -0.4 is 5.32 Å². The van der Waals surface area contributed by atoms with Gasteiger partial charge in [0.1, 0.15) is 6.54 Å². The zero-order chi connectivity index (χ0) is 19.7. The van der Waals surface area contributed by atoms with Crippen molar-refractivity contribution in [3.8, 4) is 0 Å². The summed E-state index contributed by atoms with van der Waals surface area (Å²) in [6.07, 6.45) is -8.53. The summed E-state index contributed by atoms with van der Waals surface area (Å²) < 4.78 is 76.6. The summed E-state index contributed by atoms with van der Waals surface area (Å²) in [5.41, 5.74) is 0.260. The maximum atomic E-state index is 12.7. The molecule has 1 fully saturated rings. The molecule has 0 aromatic carbocycles. The van der Waals surface area contributed by atoms with E-state index in [1.165, 1.54) is 6.92 Å². The lowest BCUT2D eigenvalue weighted by Crippen LogP contribution is -2.40. The van der Waals surface area contributed by atoms with E-state index in [1.54, 1.807) is 0 Å². The first-order valence-corrected chi connectivity index (χ1v) is 9.11. The Morgan fingerprint density at radius 2 is 1.77 bits per heavy atom. The first-order chi connectivity index (χ1) is 11.9. The maximum Gasteiger partial charge on any atom is 0.408 e. The standard InChI is InChI=1S/C15H18BrF6N3O/c1-8-12(11(6-16)24-25(8)7-14(17,18)19)13(26)23-10-4-2-9(3-5-10)15(20,21)22/h9-10H,2-7H2,1H3,(H,23,26). The molecule has 1 saturated carbocycles. The molecule has 1 aromatic heterocycles. The van der Waals surface area contributed by atoms with Crippen LogP contribution in [0.3, 0.4) is 0 Å². The van der Waals surface area contributed by atoms with E-state index >= 15 is 0 Å². The number of amides is 1. The fourth-order valence-corrected chi connectivity index (χ4v) is 3.54. The summed E-state index contributed by atoms with van der Waals surface area (Å²) >= 11 is 3.10. The van der Waals surface area contributed by atoms with Crippen LogP contribution in [0.4, 0.5) is 26.3 Å². The molecule has 0 spiro atoms. The molecule has 1 aliphatic carbocycles. The molecule has 1 N–H and O–H groups in total. The smallest absolute Gasteiger partial charge is 0.349 e. The van der Waals surface area contributed by atoms with Crippen LogP contribution in [-0.2, 0) is 11.9 Å².